The van der Waals surface area contributed by atoms with Crippen LogP contribution in [-0.2, 0) is 19.2 Å². The minimum Gasteiger partial charge on any atom is -0.475 e. The van der Waals surface area contributed by atoms with E-state index in [1.165, 1.54) is 10.1 Å². The van der Waals surface area contributed by atoms with Gasteiger partial charge in [-0.05, 0) is 58.8 Å². The number of carboxylic acid groups (broad SMARTS) is 2. The number of likely N-dealkylation sites (tertiary alicyclic amines) is 1. The van der Waals surface area contributed by atoms with Gasteiger partial charge in [0.05, 0.1) is 17.9 Å². The summed E-state index contributed by atoms with van der Waals surface area (Å²) >= 11 is 1.73. The summed E-state index contributed by atoms with van der Waals surface area (Å²) in [5, 5.41) is 20.9. The topological polar surface area (TPSA) is 153 Å². The highest BCUT2D eigenvalue weighted by Crippen LogP contribution is 2.33. The number of alkyl halides is 6. The number of nitrogens with one attached hydrogen (secondary N) is 2. The summed E-state index contributed by atoms with van der Waals surface area (Å²) in [7, 11) is 2.11. The number of hydrogen-bond donors (Lipinski definition) is 4. The molecule has 0 spiro atoms. The summed E-state index contributed by atoms with van der Waals surface area (Å²) < 4.78 is 64.7. The zero-order valence-electron chi connectivity index (χ0n) is 25.6. The molecule has 0 saturated carbocycles. The maximum absolute atomic E-state index is 13.1. The summed E-state index contributed by atoms with van der Waals surface area (Å²) in [6.45, 7) is 3.57. The van der Waals surface area contributed by atoms with Gasteiger partial charge in [-0.25, -0.2) is 14.6 Å². The minimum absolute atomic E-state index is 0.0664. The van der Waals surface area contributed by atoms with E-state index in [-0.39, 0.29) is 23.7 Å². The molecule has 1 aliphatic rings. The lowest BCUT2D eigenvalue weighted by molar-refractivity contribution is -0.193. The first kappa shape index (κ1) is 39.2. The third-order valence-corrected chi connectivity index (χ3v) is 8.07. The molecule has 1 saturated heterocycles. The van der Waals surface area contributed by atoms with E-state index in [1.54, 1.807) is 18.3 Å². The molecule has 10 nitrogen and oxygen atoms in total. The van der Waals surface area contributed by atoms with Crippen molar-refractivity contribution in [3.8, 4) is 11.3 Å². The Hall–Kier alpha value is -3.99. The summed E-state index contributed by atoms with van der Waals surface area (Å²) in [6, 6.07) is 8.24. The molecule has 0 bridgehead atoms. The highest BCUT2D eigenvalue weighted by atomic mass is 32.1. The molecule has 1 aliphatic heterocycles. The van der Waals surface area contributed by atoms with E-state index in [4.69, 9.17) is 19.8 Å². The molecule has 260 valence electrons. The fourth-order valence-electron chi connectivity index (χ4n) is 4.57. The van der Waals surface area contributed by atoms with Gasteiger partial charge in [-0.3, -0.25) is 4.79 Å². The Labute approximate surface area is 270 Å². The molecular weight excluding hydrogens is 658 g/mol. The predicted molar refractivity (Wildman–Crippen MR) is 162 cm³/mol. The SMILES string of the molecule is CC(=O)CCCCC[C@H](NC(=O)C1CCN(C)CC1)c1ncc(-c2csc3ccccc23)[nH]1.O=C(O)C(F)(F)F.O=C(O)C(F)(F)F. The Bertz CT molecular complexity index is 1460. The number of rotatable bonds is 10. The molecule has 0 aliphatic carbocycles. The number of amides is 1. The molecule has 1 amide bonds. The van der Waals surface area contributed by atoms with Gasteiger partial charge in [0.25, 0.3) is 0 Å². The molecule has 3 aromatic rings. The highest BCUT2D eigenvalue weighted by molar-refractivity contribution is 7.17. The normalized spacial score (nSPS) is 14.7. The lowest BCUT2D eigenvalue weighted by Crippen LogP contribution is -2.40. The monoisotopic (exact) mass is 694 g/mol. The Balaban J connectivity index is 0.000000459. The van der Waals surface area contributed by atoms with E-state index in [2.05, 4.69) is 56.9 Å². The van der Waals surface area contributed by atoms with Gasteiger partial charge in [-0.15, -0.1) is 11.3 Å². The predicted octanol–water partition coefficient (Wildman–Crippen LogP) is 6.60. The molecule has 4 rings (SSSR count). The number of imidazole rings is 1. The van der Waals surface area contributed by atoms with Gasteiger partial charge in [0, 0.05) is 33.4 Å². The van der Waals surface area contributed by atoms with Crippen LogP contribution in [-0.4, -0.2) is 81.2 Å². The van der Waals surface area contributed by atoms with Gasteiger partial charge in [0.1, 0.15) is 11.6 Å². The van der Waals surface area contributed by atoms with Crippen molar-refractivity contribution in [3.05, 3.63) is 41.7 Å². The Morgan fingerprint density at radius 1 is 1.00 bits per heavy atom. The molecule has 47 heavy (non-hydrogen) atoms. The van der Waals surface area contributed by atoms with Crippen LogP contribution < -0.4 is 5.32 Å². The Kier molecular flexibility index (Phi) is 14.8. The smallest absolute Gasteiger partial charge is 0.475 e. The summed E-state index contributed by atoms with van der Waals surface area (Å²) in [5.74, 6) is -4.26. The van der Waals surface area contributed by atoms with Gasteiger partial charge in [0.15, 0.2) is 0 Å². The number of carbonyl (C=O) groups is 4. The minimum atomic E-state index is -5.08. The van der Waals surface area contributed by atoms with Crippen LogP contribution in [0.2, 0.25) is 0 Å². The standard InChI is InChI=1S/C26H34N4O2S.2C2HF3O2/c1-18(31)8-4-3-5-10-22(29-26(32)19-12-14-30(2)15-13-19)25-27-16-23(28-25)21-17-33-24-11-7-6-9-20(21)24;2*3-2(4,5)1(6)7/h6-7,9,11,16-17,19,22H,3-5,8,10,12-15H2,1-2H3,(H,27,28)(H,29,32);2*(H,6,7)/t22-;;/m0../s1. The molecule has 2 aromatic heterocycles. The van der Waals surface area contributed by atoms with Crippen molar-refractivity contribution in [2.24, 2.45) is 5.92 Å². The number of aromatic nitrogens is 2. The molecule has 4 N–H and O–H groups in total. The molecular formula is C30H36F6N4O6S. The molecule has 1 aromatic carbocycles. The Morgan fingerprint density at radius 2 is 1.57 bits per heavy atom. The van der Waals surface area contributed by atoms with E-state index in [0.717, 1.165) is 68.7 Å². The van der Waals surface area contributed by atoms with Gasteiger partial charge in [-0.1, -0.05) is 31.0 Å². The van der Waals surface area contributed by atoms with E-state index in [9.17, 15) is 35.9 Å². The number of nitrogens with zero attached hydrogens (tertiary/aromatic N) is 2. The fourth-order valence-corrected chi connectivity index (χ4v) is 5.53. The molecule has 17 heteroatoms. The first-order valence-electron chi connectivity index (χ1n) is 14.5. The quantitative estimate of drug-likeness (QED) is 0.137. The van der Waals surface area contributed by atoms with Crippen molar-refractivity contribution in [1.29, 1.82) is 0 Å². The number of hydrogen-bond acceptors (Lipinski definition) is 7. The number of carbonyl (C=O) groups excluding carboxylic acids is 2. The zero-order valence-corrected chi connectivity index (χ0v) is 26.4. The number of ketones is 1. The average molecular weight is 695 g/mol. The van der Waals surface area contributed by atoms with Crippen LogP contribution in [0.15, 0.2) is 35.8 Å². The van der Waals surface area contributed by atoms with Crippen LogP contribution in [0.5, 0.6) is 0 Å². The number of aliphatic carboxylic acids is 2. The highest BCUT2D eigenvalue weighted by Gasteiger charge is 2.39. The van der Waals surface area contributed by atoms with Crippen LogP contribution in [0.4, 0.5) is 26.3 Å². The lowest BCUT2D eigenvalue weighted by atomic mass is 9.95. The maximum Gasteiger partial charge on any atom is 0.490 e. The van der Waals surface area contributed by atoms with Crippen molar-refractivity contribution in [3.63, 3.8) is 0 Å². The van der Waals surface area contributed by atoms with Crippen LogP contribution >= 0.6 is 11.3 Å². The van der Waals surface area contributed by atoms with Crippen molar-refractivity contribution in [2.75, 3.05) is 20.1 Å². The van der Waals surface area contributed by atoms with Gasteiger partial charge in [0.2, 0.25) is 5.91 Å². The van der Waals surface area contributed by atoms with Crippen LogP contribution in [0.3, 0.4) is 0 Å². The van der Waals surface area contributed by atoms with Crippen molar-refractivity contribution >= 4 is 45.1 Å². The number of thiophene rings is 1. The first-order valence-corrected chi connectivity index (χ1v) is 15.4. The number of unbranched alkanes of at least 4 members (excludes halogenated alkanes) is 2. The van der Waals surface area contributed by atoms with Gasteiger partial charge < -0.3 is 30.2 Å². The summed E-state index contributed by atoms with van der Waals surface area (Å²) in [6.07, 6.45) is -2.22. The van der Waals surface area contributed by atoms with E-state index in [1.807, 2.05) is 6.20 Å². The van der Waals surface area contributed by atoms with E-state index < -0.39 is 24.3 Å². The van der Waals surface area contributed by atoms with Crippen LogP contribution in [0, 0.1) is 5.92 Å². The van der Waals surface area contributed by atoms with Crippen molar-refractivity contribution in [2.45, 2.75) is 70.3 Å². The summed E-state index contributed by atoms with van der Waals surface area (Å²) in [4.78, 5) is 52.6. The number of benzene rings is 1. The first-order chi connectivity index (χ1) is 21.9. The number of halogens is 6. The van der Waals surface area contributed by atoms with Crippen molar-refractivity contribution in [1.82, 2.24) is 20.2 Å². The number of fused-ring (bicyclic) bond motifs is 1. The van der Waals surface area contributed by atoms with Crippen LogP contribution in [0.1, 0.15) is 63.7 Å². The third-order valence-electron chi connectivity index (χ3n) is 7.11. The summed E-state index contributed by atoms with van der Waals surface area (Å²) in [5.41, 5.74) is 2.13. The van der Waals surface area contributed by atoms with Crippen molar-refractivity contribution < 1.29 is 55.7 Å². The molecule has 1 fully saturated rings. The van der Waals surface area contributed by atoms with E-state index >= 15 is 0 Å². The second-order valence-corrected chi connectivity index (χ2v) is 11.8. The molecule has 1 atom stereocenters. The molecule has 3 heterocycles. The Morgan fingerprint density at radius 3 is 2.13 bits per heavy atom. The van der Waals surface area contributed by atoms with Gasteiger partial charge >= 0.3 is 24.3 Å². The number of Topliss-reactive ketones (excluding diaryl/α,β-unsaturated/α-hetero) is 1. The van der Waals surface area contributed by atoms with Gasteiger partial charge in [-0.2, -0.15) is 26.3 Å². The fraction of sp³-hybridized carbons (Fsp3) is 0.500. The largest absolute Gasteiger partial charge is 0.490 e. The molecule has 0 unspecified atom stereocenters. The number of aromatic amines is 1. The number of carboxylic acids is 2. The molecule has 0 radical (unpaired) electrons. The second-order valence-electron chi connectivity index (χ2n) is 10.9. The average Bonchev–Trinajstić information content (AvgIpc) is 3.64. The number of H-pyrrole nitrogens is 1. The zero-order chi connectivity index (χ0) is 35.4. The number of piperidine rings is 1. The second kappa shape index (κ2) is 17.8. The van der Waals surface area contributed by atoms with Crippen LogP contribution in [0.25, 0.3) is 21.3 Å². The maximum atomic E-state index is 13.1. The lowest BCUT2D eigenvalue weighted by Gasteiger charge is -2.29. The van der Waals surface area contributed by atoms with E-state index in [0.29, 0.717) is 6.42 Å². The third kappa shape index (κ3) is 13.3.